The molecule has 0 spiro atoms. The molecule has 0 aliphatic rings. The molecule has 0 aliphatic carbocycles. The number of ether oxygens (including phenoxy) is 1. The second kappa shape index (κ2) is 6.38. The smallest absolute Gasteiger partial charge is 0.0823 e. The Hall–Kier alpha value is -0.380. The van der Waals surface area contributed by atoms with E-state index in [-0.39, 0.29) is 11.6 Å². The Morgan fingerprint density at radius 1 is 1.44 bits per heavy atom. The third-order valence-electron chi connectivity index (χ3n) is 3.60. The fraction of sp³-hybridized carbons (Fsp3) is 0.692. The van der Waals surface area contributed by atoms with Crippen molar-refractivity contribution < 1.29 is 4.74 Å². The summed E-state index contributed by atoms with van der Waals surface area (Å²) in [5.41, 5.74) is 7.52. The Morgan fingerprint density at radius 3 is 2.56 bits per heavy atom. The molecule has 1 heterocycles. The van der Waals surface area contributed by atoms with E-state index in [1.807, 2.05) is 0 Å². The second-order valence-electron chi connectivity index (χ2n) is 4.25. The molecule has 0 amide bonds. The summed E-state index contributed by atoms with van der Waals surface area (Å²) in [7, 11) is 1.78. The van der Waals surface area contributed by atoms with Gasteiger partial charge in [-0.2, -0.15) is 11.3 Å². The number of rotatable bonds is 7. The summed E-state index contributed by atoms with van der Waals surface area (Å²) in [5, 5.41) is 4.31. The van der Waals surface area contributed by atoms with Gasteiger partial charge < -0.3 is 10.5 Å². The first kappa shape index (κ1) is 13.7. The molecule has 1 aromatic rings. The fourth-order valence-electron chi connectivity index (χ4n) is 2.23. The van der Waals surface area contributed by atoms with E-state index in [4.69, 9.17) is 10.5 Å². The van der Waals surface area contributed by atoms with E-state index in [2.05, 4.69) is 30.7 Å². The molecule has 0 aliphatic heterocycles. The Balaban J connectivity index is 2.52. The number of methoxy groups -OCH3 is 1. The molecule has 92 valence electrons. The molecule has 0 saturated carbocycles. The normalized spacial score (nSPS) is 14.0. The maximum atomic E-state index is 6.28. The van der Waals surface area contributed by atoms with Gasteiger partial charge in [0.25, 0.3) is 0 Å². The molecule has 1 aromatic heterocycles. The first-order valence-corrected chi connectivity index (χ1v) is 6.94. The van der Waals surface area contributed by atoms with Crippen molar-refractivity contribution in [3.8, 4) is 0 Å². The lowest BCUT2D eigenvalue weighted by atomic mass is 9.85. The van der Waals surface area contributed by atoms with Crippen LogP contribution in [-0.2, 0) is 11.2 Å². The number of aryl methyl sites for hydroxylation is 1. The Labute approximate surface area is 103 Å². The zero-order valence-electron chi connectivity index (χ0n) is 10.5. The molecular weight excluding hydrogens is 218 g/mol. The molecule has 0 bridgehead atoms. The van der Waals surface area contributed by atoms with Crippen molar-refractivity contribution >= 4 is 11.3 Å². The number of thiophene rings is 1. The molecule has 0 fully saturated rings. The van der Waals surface area contributed by atoms with Gasteiger partial charge in [-0.25, -0.2) is 0 Å². The van der Waals surface area contributed by atoms with Crippen molar-refractivity contribution in [1.82, 2.24) is 0 Å². The van der Waals surface area contributed by atoms with Gasteiger partial charge >= 0.3 is 0 Å². The van der Waals surface area contributed by atoms with E-state index >= 15 is 0 Å². The molecular formula is C13H23NOS. The van der Waals surface area contributed by atoms with E-state index in [9.17, 15) is 0 Å². The summed E-state index contributed by atoms with van der Waals surface area (Å²) in [5.74, 6) is 0. The van der Waals surface area contributed by atoms with Crippen LogP contribution in [0.4, 0.5) is 0 Å². The predicted molar refractivity (Wildman–Crippen MR) is 70.9 cm³/mol. The standard InChI is InChI=1S/C13H23NOS/c1-4-13(5-2,15-3)12(14)7-6-11-8-9-16-10-11/h8-10,12H,4-7,14H2,1-3H3. The Morgan fingerprint density at radius 2 is 2.12 bits per heavy atom. The van der Waals surface area contributed by atoms with Crippen molar-refractivity contribution in [1.29, 1.82) is 0 Å². The highest BCUT2D eigenvalue weighted by Gasteiger charge is 2.32. The van der Waals surface area contributed by atoms with E-state index in [0.717, 1.165) is 25.7 Å². The first-order chi connectivity index (χ1) is 7.68. The van der Waals surface area contributed by atoms with E-state index in [0.29, 0.717) is 0 Å². The SMILES string of the molecule is CCC(CC)(OC)C(N)CCc1ccsc1. The summed E-state index contributed by atoms with van der Waals surface area (Å²) in [6.45, 7) is 4.30. The zero-order chi connectivity index (χ0) is 12.0. The van der Waals surface area contributed by atoms with Crippen LogP contribution in [0.5, 0.6) is 0 Å². The van der Waals surface area contributed by atoms with E-state index in [1.165, 1.54) is 5.56 Å². The lowest BCUT2D eigenvalue weighted by Crippen LogP contribution is -2.48. The molecule has 0 saturated heterocycles. The third kappa shape index (κ3) is 3.06. The average molecular weight is 241 g/mol. The van der Waals surface area contributed by atoms with Gasteiger partial charge in [-0.1, -0.05) is 13.8 Å². The summed E-state index contributed by atoms with van der Waals surface area (Å²) >= 11 is 1.74. The average Bonchev–Trinajstić information content (AvgIpc) is 2.82. The van der Waals surface area contributed by atoms with E-state index < -0.39 is 0 Å². The van der Waals surface area contributed by atoms with Crippen LogP contribution >= 0.6 is 11.3 Å². The molecule has 16 heavy (non-hydrogen) atoms. The lowest BCUT2D eigenvalue weighted by Gasteiger charge is -2.36. The van der Waals surface area contributed by atoms with Gasteiger partial charge in [0.2, 0.25) is 0 Å². The van der Waals surface area contributed by atoms with Gasteiger partial charge in [0, 0.05) is 13.2 Å². The summed E-state index contributed by atoms with van der Waals surface area (Å²) in [6.07, 6.45) is 4.00. The van der Waals surface area contributed by atoms with Crippen LogP contribution in [0.25, 0.3) is 0 Å². The van der Waals surface area contributed by atoms with Gasteiger partial charge in [0.05, 0.1) is 5.60 Å². The number of nitrogens with two attached hydrogens (primary N) is 1. The van der Waals surface area contributed by atoms with Gasteiger partial charge in [-0.05, 0) is 48.1 Å². The van der Waals surface area contributed by atoms with Crippen molar-refractivity contribution in [3.05, 3.63) is 22.4 Å². The number of hydrogen-bond acceptors (Lipinski definition) is 3. The molecule has 3 heteroatoms. The van der Waals surface area contributed by atoms with Crippen molar-refractivity contribution in [2.24, 2.45) is 5.73 Å². The summed E-state index contributed by atoms with van der Waals surface area (Å²) < 4.78 is 5.65. The van der Waals surface area contributed by atoms with Crippen LogP contribution in [0.3, 0.4) is 0 Å². The minimum atomic E-state index is -0.143. The monoisotopic (exact) mass is 241 g/mol. The van der Waals surface area contributed by atoms with Crippen LogP contribution < -0.4 is 5.73 Å². The van der Waals surface area contributed by atoms with Crippen molar-refractivity contribution in [2.45, 2.75) is 51.2 Å². The van der Waals surface area contributed by atoms with Crippen LogP contribution in [0.1, 0.15) is 38.7 Å². The molecule has 0 radical (unpaired) electrons. The maximum Gasteiger partial charge on any atom is 0.0823 e. The largest absolute Gasteiger partial charge is 0.377 e. The zero-order valence-corrected chi connectivity index (χ0v) is 11.3. The fourth-order valence-corrected chi connectivity index (χ4v) is 2.94. The van der Waals surface area contributed by atoms with Crippen LogP contribution in [0.2, 0.25) is 0 Å². The topological polar surface area (TPSA) is 35.2 Å². The van der Waals surface area contributed by atoms with E-state index in [1.54, 1.807) is 18.4 Å². The molecule has 1 atom stereocenters. The highest BCUT2D eigenvalue weighted by Crippen LogP contribution is 2.25. The quantitative estimate of drug-likeness (QED) is 0.795. The highest BCUT2D eigenvalue weighted by atomic mass is 32.1. The van der Waals surface area contributed by atoms with Crippen LogP contribution in [0, 0.1) is 0 Å². The second-order valence-corrected chi connectivity index (χ2v) is 5.03. The lowest BCUT2D eigenvalue weighted by molar-refractivity contribution is -0.0393. The molecule has 0 aromatic carbocycles. The first-order valence-electron chi connectivity index (χ1n) is 6.00. The molecule has 1 rings (SSSR count). The minimum Gasteiger partial charge on any atom is -0.377 e. The molecule has 2 N–H and O–H groups in total. The van der Waals surface area contributed by atoms with Crippen LogP contribution in [0.15, 0.2) is 16.8 Å². The molecule has 1 unspecified atom stereocenters. The Bertz CT molecular complexity index is 272. The third-order valence-corrected chi connectivity index (χ3v) is 4.34. The highest BCUT2D eigenvalue weighted by molar-refractivity contribution is 7.07. The summed E-state index contributed by atoms with van der Waals surface area (Å²) in [6, 6.07) is 2.29. The maximum absolute atomic E-state index is 6.28. The minimum absolute atomic E-state index is 0.118. The Kier molecular flexibility index (Phi) is 5.46. The van der Waals surface area contributed by atoms with Gasteiger partial charge in [-0.15, -0.1) is 0 Å². The number of hydrogen-bond donors (Lipinski definition) is 1. The van der Waals surface area contributed by atoms with Gasteiger partial charge in [0.1, 0.15) is 0 Å². The predicted octanol–water partition coefficient (Wildman–Crippen LogP) is 3.21. The van der Waals surface area contributed by atoms with Gasteiger partial charge in [0.15, 0.2) is 0 Å². The van der Waals surface area contributed by atoms with Crippen molar-refractivity contribution in [3.63, 3.8) is 0 Å². The molecule has 2 nitrogen and oxygen atoms in total. The van der Waals surface area contributed by atoms with Gasteiger partial charge in [-0.3, -0.25) is 0 Å². The van der Waals surface area contributed by atoms with Crippen LogP contribution in [-0.4, -0.2) is 18.8 Å². The summed E-state index contributed by atoms with van der Waals surface area (Å²) in [4.78, 5) is 0. The van der Waals surface area contributed by atoms with Crippen molar-refractivity contribution in [2.75, 3.05) is 7.11 Å².